The van der Waals surface area contributed by atoms with Crippen LogP contribution in [0.25, 0.3) is 0 Å². The molecule has 0 saturated carbocycles. The van der Waals surface area contributed by atoms with Crippen LogP contribution in [0.15, 0.2) is 42.6 Å². The van der Waals surface area contributed by atoms with Gasteiger partial charge in [0.05, 0.1) is 25.1 Å². The number of carbonyl (C=O) groups is 1. The third-order valence-corrected chi connectivity index (χ3v) is 5.22. The average molecular weight is 439 g/mol. The fourth-order valence-electron chi connectivity index (χ4n) is 3.70. The first-order valence-corrected chi connectivity index (χ1v) is 9.68. The SMILES string of the molecule is Cl.Cl.O=C(Nc1ccc(N2CCOCC2)nc1)c1cccc(CC2CCNC2)c1. The van der Waals surface area contributed by atoms with Crippen LogP contribution < -0.4 is 15.5 Å². The normalized spacial score (nSPS) is 18.5. The molecule has 2 aromatic rings. The Hall–Kier alpha value is -1.86. The monoisotopic (exact) mass is 438 g/mol. The Labute approximate surface area is 184 Å². The molecule has 3 heterocycles. The highest BCUT2D eigenvalue weighted by molar-refractivity contribution is 6.04. The molecular weight excluding hydrogens is 411 g/mol. The van der Waals surface area contributed by atoms with Crippen LogP contribution in [0, 0.1) is 5.92 Å². The smallest absolute Gasteiger partial charge is 0.255 e. The van der Waals surface area contributed by atoms with Crippen molar-refractivity contribution >= 4 is 42.2 Å². The Morgan fingerprint density at radius 1 is 1.21 bits per heavy atom. The van der Waals surface area contributed by atoms with Gasteiger partial charge >= 0.3 is 0 Å². The van der Waals surface area contributed by atoms with Gasteiger partial charge in [0.1, 0.15) is 5.82 Å². The lowest BCUT2D eigenvalue weighted by molar-refractivity contribution is 0.102. The molecule has 2 aliphatic heterocycles. The summed E-state index contributed by atoms with van der Waals surface area (Å²) in [6.07, 6.45) is 3.94. The molecule has 0 bridgehead atoms. The van der Waals surface area contributed by atoms with E-state index in [4.69, 9.17) is 4.74 Å². The van der Waals surface area contributed by atoms with Gasteiger partial charge in [-0.05, 0) is 61.7 Å². The van der Waals surface area contributed by atoms with Crippen LogP contribution >= 0.6 is 24.8 Å². The van der Waals surface area contributed by atoms with Crippen LogP contribution in [0.2, 0.25) is 0 Å². The van der Waals surface area contributed by atoms with E-state index in [1.807, 2.05) is 30.3 Å². The van der Waals surface area contributed by atoms with Crippen molar-refractivity contribution in [3.05, 3.63) is 53.7 Å². The molecule has 1 aromatic heterocycles. The van der Waals surface area contributed by atoms with Gasteiger partial charge in [-0.2, -0.15) is 0 Å². The second-order valence-corrected chi connectivity index (χ2v) is 7.22. The number of halogens is 2. The fourth-order valence-corrected chi connectivity index (χ4v) is 3.70. The summed E-state index contributed by atoms with van der Waals surface area (Å²) < 4.78 is 5.37. The molecule has 158 valence electrons. The largest absolute Gasteiger partial charge is 0.378 e. The highest BCUT2D eigenvalue weighted by Crippen LogP contribution is 2.18. The summed E-state index contributed by atoms with van der Waals surface area (Å²) in [6.45, 7) is 5.32. The van der Waals surface area contributed by atoms with Crippen molar-refractivity contribution in [3.8, 4) is 0 Å². The zero-order valence-electron chi connectivity index (χ0n) is 16.3. The molecule has 2 aliphatic rings. The Bertz CT molecular complexity index is 777. The third-order valence-electron chi connectivity index (χ3n) is 5.22. The molecule has 1 aromatic carbocycles. The minimum atomic E-state index is -0.0951. The minimum absolute atomic E-state index is 0. The quantitative estimate of drug-likeness (QED) is 0.750. The average Bonchev–Trinajstić information content (AvgIpc) is 3.22. The maximum atomic E-state index is 12.6. The van der Waals surface area contributed by atoms with Crippen LogP contribution in [-0.4, -0.2) is 50.3 Å². The lowest BCUT2D eigenvalue weighted by atomic mass is 9.97. The highest BCUT2D eigenvalue weighted by atomic mass is 35.5. The summed E-state index contributed by atoms with van der Waals surface area (Å²) in [4.78, 5) is 19.3. The zero-order chi connectivity index (χ0) is 18.5. The first-order valence-electron chi connectivity index (χ1n) is 9.68. The van der Waals surface area contributed by atoms with Gasteiger partial charge in [-0.1, -0.05) is 12.1 Å². The maximum absolute atomic E-state index is 12.6. The number of ether oxygens (including phenoxy) is 1. The number of nitrogens with zero attached hydrogens (tertiary/aromatic N) is 2. The molecule has 0 aliphatic carbocycles. The van der Waals surface area contributed by atoms with Crippen molar-refractivity contribution in [2.75, 3.05) is 49.6 Å². The summed E-state index contributed by atoms with van der Waals surface area (Å²) in [7, 11) is 0. The lowest BCUT2D eigenvalue weighted by Crippen LogP contribution is -2.36. The molecule has 8 heteroatoms. The van der Waals surface area contributed by atoms with Crippen LogP contribution in [0.1, 0.15) is 22.3 Å². The van der Waals surface area contributed by atoms with Crippen molar-refractivity contribution in [2.24, 2.45) is 5.92 Å². The van der Waals surface area contributed by atoms with Gasteiger partial charge in [0, 0.05) is 18.7 Å². The molecule has 2 N–H and O–H groups in total. The maximum Gasteiger partial charge on any atom is 0.255 e. The Kier molecular flexibility index (Phi) is 9.17. The summed E-state index contributed by atoms with van der Waals surface area (Å²) >= 11 is 0. The van der Waals surface area contributed by atoms with E-state index < -0.39 is 0 Å². The van der Waals surface area contributed by atoms with E-state index in [1.165, 1.54) is 12.0 Å². The van der Waals surface area contributed by atoms with Crippen molar-refractivity contribution in [2.45, 2.75) is 12.8 Å². The van der Waals surface area contributed by atoms with Gasteiger partial charge in [0.2, 0.25) is 0 Å². The second-order valence-electron chi connectivity index (χ2n) is 7.22. The van der Waals surface area contributed by atoms with Gasteiger partial charge in [-0.25, -0.2) is 4.98 Å². The third kappa shape index (κ3) is 6.31. The molecule has 1 atom stereocenters. The number of benzene rings is 1. The van der Waals surface area contributed by atoms with E-state index in [1.54, 1.807) is 6.20 Å². The molecule has 29 heavy (non-hydrogen) atoms. The summed E-state index contributed by atoms with van der Waals surface area (Å²) in [5.41, 5.74) is 2.62. The van der Waals surface area contributed by atoms with Crippen LogP contribution in [0.4, 0.5) is 11.5 Å². The number of aromatic nitrogens is 1. The molecule has 2 fully saturated rings. The minimum Gasteiger partial charge on any atom is -0.378 e. The van der Waals surface area contributed by atoms with Crippen molar-refractivity contribution < 1.29 is 9.53 Å². The van der Waals surface area contributed by atoms with E-state index in [9.17, 15) is 4.79 Å². The van der Waals surface area contributed by atoms with Gasteiger partial charge < -0.3 is 20.3 Å². The first-order chi connectivity index (χ1) is 13.3. The molecule has 2 saturated heterocycles. The molecule has 1 amide bonds. The number of amides is 1. The summed E-state index contributed by atoms with van der Waals surface area (Å²) in [5.74, 6) is 1.49. The topological polar surface area (TPSA) is 66.5 Å². The predicted molar refractivity (Wildman–Crippen MR) is 121 cm³/mol. The molecule has 4 rings (SSSR count). The van der Waals surface area contributed by atoms with Crippen molar-refractivity contribution in [1.29, 1.82) is 0 Å². The van der Waals surface area contributed by atoms with Crippen molar-refractivity contribution in [3.63, 3.8) is 0 Å². The number of anilines is 2. The van der Waals surface area contributed by atoms with Gasteiger partial charge in [0.25, 0.3) is 5.91 Å². The van der Waals surface area contributed by atoms with Crippen LogP contribution in [0.5, 0.6) is 0 Å². The summed E-state index contributed by atoms with van der Waals surface area (Å²) in [6, 6.07) is 11.8. The Balaban J connectivity index is 0.00000150. The molecule has 6 nitrogen and oxygen atoms in total. The number of carbonyl (C=O) groups excluding carboxylic acids is 1. The second kappa shape index (κ2) is 11.4. The van der Waals surface area contributed by atoms with E-state index in [0.29, 0.717) is 17.2 Å². The zero-order valence-corrected chi connectivity index (χ0v) is 17.9. The van der Waals surface area contributed by atoms with Crippen LogP contribution in [0.3, 0.4) is 0 Å². The molecular formula is C21H28Cl2N4O2. The number of hydrogen-bond donors (Lipinski definition) is 2. The van der Waals surface area contributed by atoms with Gasteiger partial charge in [-0.3, -0.25) is 4.79 Å². The molecule has 1 unspecified atom stereocenters. The van der Waals surface area contributed by atoms with E-state index in [-0.39, 0.29) is 30.7 Å². The van der Waals surface area contributed by atoms with Crippen LogP contribution in [-0.2, 0) is 11.2 Å². The first kappa shape index (κ1) is 23.4. The number of morpholine rings is 1. The summed E-state index contributed by atoms with van der Waals surface area (Å²) in [5, 5.41) is 6.35. The molecule has 0 spiro atoms. The predicted octanol–water partition coefficient (Wildman–Crippen LogP) is 3.17. The Morgan fingerprint density at radius 2 is 2.03 bits per heavy atom. The number of nitrogens with one attached hydrogen (secondary N) is 2. The highest BCUT2D eigenvalue weighted by Gasteiger charge is 2.16. The molecule has 0 radical (unpaired) electrons. The number of hydrogen-bond acceptors (Lipinski definition) is 5. The number of rotatable bonds is 5. The van der Waals surface area contributed by atoms with Gasteiger partial charge in [0.15, 0.2) is 0 Å². The standard InChI is InChI=1S/C21H26N4O2.2ClH/c26-21(18-3-1-2-16(13-18)12-17-6-7-22-14-17)24-19-4-5-20(23-15-19)25-8-10-27-11-9-25;;/h1-5,13,15,17,22H,6-12,14H2,(H,24,26);2*1H. The van der Waals surface area contributed by atoms with Crippen molar-refractivity contribution in [1.82, 2.24) is 10.3 Å². The Morgan fingerprint density at radius 3 is 2.72 bits per heavy atom. The van der Waals surface area contributed by atoms with E-state index >= 15 is 0 Å². The fraction of sp³-hybridized carbons (Fsp3) is 0.429. The van der Waals surface area contributed by atoms with E-state index in [0.717, 1.165) is 51.6 Å². The lowest BCUT2D eigenvalue weighted by Gasteiger charge is -2.27. The van der Waals surface area contributed by atoms with Gasteiger partial charge in [-0.15, -0.1) is 24.8 Å². The van der Waals surface area contributed by atoms with E-state index in [2.05, 4.69) is 26.6 Å². The number of pyridine rings is 1.